The van der Waals surface area contributed by atoms with Crippen LogP contribution in [0.1, 0.15) is 132 Å². The largest absolute Gasteiger partial charge is 0.310 e. The molecule has 3 aliphatic carbocycles. The summed E-state index contributed by atoms with van der Waals surface area (Å²) in [6.45, 7) is 8.93. The van der Waals surface area contributed by atoms with Crippen molar-refractivity contribution >= 4 is 66.4 Å². The van der Waals surface area contributed by atoms with E-state index in [1.54, 1.807) is 0 Å². The maximum atomic E-state index is 2.66. The zero-order chi connectivity index (χ0) is 63.7. The minimum absolute atomic E-state index is 0.435. The highest BCUT2D eigenvalue weighted by molar-refractivity contribution is 6.29. The van der Waals surface area contributed by atoms with Crippen molar-refractivity contribution in [1.29, 1.82) is 0 Å². The second kappa shape index (κ2) is 24.2. The van der Waals surface area contributed by atoms with Gasteiger partial charge in [0, 0.05) is 33.5 Å². The lowest BCUT2D eigenvalue weighted by molar-refractivity contribution is 0.445. The summed E-state index contributed by atoms with van der Waals surface area (Å²) in [5.41, 5.74) is 29.6. The van der Waals surface area contributed by atoms with Gasteiger partial charge in [-0.25, -0.2) is 0 Å². The van der Waals surface area contributed by atoms with Crippen LogP contribution in [0.5, 0.6) is 0 Å². The quantitative estimate of drug-likeness (QED) is 0.106. The maximum absolute atomic E-state index is 2.66. The van der Waals surface area contributed by atoms with Crippen molar-refractivity contribution in [3.8, 4) is 44.5 Å². The van der Waals surface area contributed by atoms with Crippen LogP contribution in [0, 0.1) is 27.7 Å². The van der Waals surface area contributed by atoms with Crippen molar-refractivity contribution in [2.45, 2.75) is 109 Å². The highest BCUT2D eigenvalue weighted by atomic mass is 15.2. The fourth-order valence-corrected chi connectivity index (χ4v) is 17.6. The van der Waals surface area contributed by atoms with E-state index in [0.29, 0.717) is 11.8 Å². The van der Waals surface area contributed by atoms with Crippen LogP contribution >= 0.6 is 0 Å². The van der Waals surface area contributed by atoms with Crippen LogP contribution in [0.3, 0.4) is 0 Å². The first-order valence-electron chi connectivity index (χ1n) is 35.0. The summed E-state index contributed by atoms with van der Waals surface area (Å²) in [7, 11) is 0. The first kappa shape index (κ1) is 58.5. The third-order valence-corrected chi connectivity index (χ3v) is 21.8. The molecule has 2 saturated carbocycles. The van der Waals surface area contributed by atoms with Crippen molar-refractivity contribution in [1.82, 2.24) is 0 Å². The smallest absolute Gasteiger partial charge is 0.0714 e. The minimum atomic E-state index is -0.561. The molecule has 2 heteroatoms. The highest BCUT2D eigenvalue weighted by Gasteiger charge is 2.46. The predicted octanol–water partition coefficient (Wildman–Crippen LogP) is 26.2. The molecular weight excluding hydrogens is 1150 g/mol. The molecule has 0 radical (unpaired) electrons. The van der Waals surface area contributed by atoms with Gasteiger partial charge in [0.15, 0.2) is 0 Å². The molecule has 14 aromatic carbocycles. The zero-order valence-electron chi connectivity index (χ0n) is 55.2. The van der Waals surface area contributed by atoms with Gasteiger partial charge in [-0.3, -0.25) is 0 Å². The van der Waals surface area contributed by atoms with Crippen LogP contribution < -0.4 is 9.80 Å². The van der Waals surface area contributed by atoms with E-state index in [1.165, 1.54) is 208 Å². The lowest BCUT2D eigenvalue weighted by atomic mass is 9.67. The summed E-state index contributed by atoms with van der Waals surface area (Å²) in [5, 5.41) is 8.16. The number of hydrogen-bond acceptors (Lipinski definition) is 2. The average Bonchev–Trinajstić information content (AvgIpc) is 1.70. The van der Waals surface area contributed by atoms with Crippen LogP contribution in [0.4, 0.5) is 34.1 Å². The average molecular weight is 1230 g/mol. The molecule has 3 aliphatic rings. The third-order valence-electron chi connectivity index (χ3n) is 21.8. The van der Waals surface area contributed by atoms with E-state index in [0.717, 1.165) is 22.7 Å². The topological polar surface area (TPSA) is 6.48 Å². The van der Waals surface area contributed by atoms with Crippen LogP contribution in [-0.4, -0.2) is 0 Å². The molecule has 0 amide bonds. The van der Waals surface area contributed by atoms with Gasteiger partial charge in [0.05, 0.1) is 16.8 Å². The molecule has 0 N–H and O–H groups in total. The molecular formula is C93H80N2. The Labute approximate surface area is 561 Å². The minimum Gasteiger partial charge on any atom is -0.310 e. The molecule has 17 rings (SSSR count). The summed E-state index contributed by atoms with van der Waals surface area (Å²) in [6.07, 6.45) is 12.4. The number of nitrogens with zero attached hydrogens (tertiary/aromatic N) is 2. The molecule has 0 spiro atoms. The molecule has 0 heterocycles. The highest BCUT2D eigenvalue weighted by Crippen LogP contribution is 2.58. The van der Waals surface area contributed by atoms with Crippen molar-refractivity contribution < 1.29 is 0 Å². The standard InChI is InChI=1S/C93H80N2/c1-61-25-19-33-67(53-61)75-41-11-13-43-77(75)78-44-14-12-42-76(78)68-34-23-39-73(57-68)94(71-37-21-27-63(3)55-71)89-59-85(65-29-7-5-8-30-65)81-50-52-84-90(60-86(66-31-9-6-10-32-66)82-49-51-83(89)91(81)92(82)84)95(72-38-22-28-64(4)56-72)74-40-24-36-70(58-74)93(69-35-20-26-62(2)54-69)87-47-17-15-45-79(87)80-46-16-18-48-88(80)93/h11-28,33-60,65-66H,5-10,29-32H2,1-4H3. The first-order chi connectivity index (χ1) is 46.8. The summed E-state index contributed by atoms with van der Waals surface area (Å²) >= 11 is 0. The van der Waals surface area contributed by atoms with Crippen LogP contribution in [-0.2, 0) is 5.41 Å². The lowest BCUT2D eigenvalue weighted by Crippen LogP contribution is -2.29. The fraction of sp³-hybridized carbons (Fsp3) is 0.183. The predicted molar refractivity (Wildman–Crippen MR) is 404 cm³/mol. The summed E-state index contributed by atoms with van der Waals surface area (Å²) in [4.78, 5) is 5.27. The molecule has 462 valence electrons. The van der Waals surface area contributed by atoms with Crippen LogP contribution in [0.15, 0.2) is 279 Å². The van der Waals surface area contributed by atoms with Gasteiger partial charge in [-0.1, -0.05) is 268 Å². The molecule has 95 heavy (non-hydrogen) atoms. The van der Waals surface area contributed by atoms with E-state index in [-0.39, 0.29) is 0 Å². The van der Waals surface area contributed by atoms with E-state index < -0.39 is 5.41 Å². The second-order valence-corrected chi connectivity index (χ2v) is 27.8. The van der Waals surface area contributed by atoms with Gasteiger partial charge >= 0.3 is 0 Å². The van der Waals surface area contributed by atoms with Crippen LogP contribution in [0.25, 0.3) is 76.8 Å². The van der Waals surface area contributed by atoms with Crippen LogP contribution in [0.2, 0.25) is 0 Å². The van der Waals surface area contributed by atoms with Gasteiger partial charge in [-0.05, 0) is 236 Å². The summed E-state index contributed by atoms with van der Waals surface area (Å²) in [6, 6.07) is 108. The van der Waals surface area contributed by atoms with Gasteiger partial charge in [0.2, 0.25) is 0 Å². The van der Waals surface area contributed by atoms with Crippen molar-refractivity contribution in [2.75, 3.05) is 9.80 Å². The van der Waals surface area contributed by atoms with E-state index in [1.807, 2.05) is 0 Å². The van der Waals surface area contributed by atoms with Gasteiger partial charge in [-0.15, -0.1) is 0 Å². The lowest BCUT2D eigenvalue weighted by Gasteiger charge is -2.36. The summed E-state index contributed by atoms with van der Waals surface area (Å²) < 4.78 is 0. The molecule has 0 aromatic heterocycles. The van der Waals surface area contributed by atoms with Crippen molar-refractivity contribution in [3.05, 3.63) is 335 Å². The Morgan fingerprint density at radius 1 is 0.274 bits per heavy atom. The first-order valence-corrected chi connectivity index (χ1v) is 35.0. The second-order valence-electron chi connectivity index (χ2n) is 27.8. The molecule has 0 atom stereocenters. The molecule has 0 aliphatic heterocycles. The number of benzene rings is 14. The van der Waals surface area contributed by atoms with Gasteiger partial charge in [-0.2, -0.15) is 0 Å². The zero-order valence-corrected chi connectivity index (χ0v) is 55.2. The Morgan fingerprint density at radius 2 is 0.632 bits per heavy atom. The van der Waals surface area contributed by atoms with Gasteiger partial charge in [0.25, 0.3) is 0 Å². The number of rotatable bonds is 13. The molecule has 2 nitrogen and oxygen atoms in total. The Bertz CT molecular complexity index is 5200. The normalized spacial score (nSPS) is 14.7. The van der Waals surface area contributed by atoms with E-state index in [9.17, 15) is 0 Å². The third kappa shape index (κ3) is 10.1. The number of fused-ring (bicyclic) bond motifs is 3. The molecule has 0 bridgehead atoms. The molecule has 14 aromatic rings. The SMILES string of the molecule is Cc1cccc(-c2ccccc2-c2ccccc2-c2cccc(N(c3cccc(C)c3)c3cc(C4CCCCC4)c4ccc5c(N(c6cccc(C)c6)c6cccc(C7(c8cccc(C)c8)c8ccccc8-c8ccccc87)c6)cc(C6CCCCC6)c6ccc3c4c65)c2)c1. The number of hydrogen-bond donors (Lipinski definition) is 0. The fourth-order valence-electron chi connectivity index (χ4n) is 17.6. The Balaban J connectivity index is 0.922. The Kier molecular flexibility index (Phi) is 14.9. The Morgan fingerprint density at radius 3 is 1.11 bits per heavy atom. The van der Waals surface area contributed by atoms with Crippen molar-refractivity contribution in [2.24, 2.45) is 0 Å². The monoisotopic (exact) mass is 1220 g/mol. The van der Waals surface area contributed by atoms with E-state index in [4.69, 9.17) is 0 Å². The molecule has 2 fully saturated rings. The number of aryl methyl sites for hydroxylation is 4. The summed E-state index contributed by atoms with van der Waals surface area (Å²) in [5.74, 6) is 0.873. The van der Waals surface area contributed by atoms with E-state index in [2.05, 4.69) is 317 Å². The molecule has 0 unspecified atom stereocenters. The maximum Gasteiger partial charge on any atom is 0.0714 e. The van der Waals surface area contributed by atoms with Gasteiger partial charge in [0.1, 0.15) is 0 Å². The Hall–Kier alpha value is -10.3. The van der Waals surface area contributed by atoms with E-state index >= 15 is 0 Å². The van der Waals surface area contributed by atoms with Crippen molar-refractivity contribution in [3.63, 3.8) is 0 Å². The number of anilines is 6. The molecule has 0 saturated heterocycles. The van der Waals surface area contributed by atoms with Gasteiger partial charge < -0.3 is 9.80 Å².